The highest BCUT2D eigenvalue weighted by Crippen LogP contribution is 2.16. The Bertz CT molecular complexity index is 756. The summed E-state index contributed by atoms with van der Waals surface area (Å²) in [7, 11) is 0. The number of carbonyl (C=O) groups is 2. The van der Waals surface area contributed by atoms with Gasteiger partial charge in [-0.3, -0.25) is 29.8 Å². The number of hydrogen-bond donors (Lipinski definition) is 0. The van der Waals surface area contributed by atoms with Gasteiger partial charge in [-0.2, -0.15) is 0 Å². The third-order valence-electron chi connectivity index (χ3n) is 3.86. The van der Waals surface area contributed by atoms with Crippen LogP contribution in [0.25, 0.3) is 0 Å². The molecule has 0 spiro atoms. The molecule has 8 nitrogen and oxygen atoms in total. The van der Waals surface area contributed by atoms with Crippen molar-refractivity contribution in [1.82, 2.24) is 0 Å². The number of ketones is 2. The smallest absolute Gasteiger partial charge is 0.269 e. The first-order valence-electron chi connectivity index (χ1n) is 7.94. The summed E-state index contributed by atoms with van der Waals surface area (Å²) in [5.74, 6) is -0.273. The zero-order chi connectivity index (χ0) is 19.1. The van der Waals surface area contributed by atoms with E-state index in [1.54, 1.807) is 0 Å². The van der Waals surface area contributed by atoms with Crippen molar-refractivity contribution in [2.45, 2.75) is 25.7 Å². The number of unbranched alkanes of at least 4 members (excludes halogenated alkanes) is 1. The maximum atomic E-state index is 12.0. The van der Waals surface area contributed by atoms with Crippen molar-refractivity contribution in [2.24, 2.45) is 0 Å². The van der Waals surface area contributed by atoms with Crippen LogP contribution in [0.5, 0.6) is 0 Å². The SMILES string of the molecule is O=C(CCCCC(=O)c1ccc([N+](=O)[O-])cc1)c1ccc([N+](=O)[O-])cc1. The van der Waals surface area contributed by atoms with Gasteiger partial charge in [0.05, 0.1) is 9.85 Å². The van der Waals surface area contributed by atoms with E-state index in [9.17, 15) is 29.8 Å². The minimum atomic E-state index is -0.530. The lowest BCUT2D eigenvalue weighted by Crippen LogP contribution is -2.02. The Balaban J connectivity index is 1.78. The molecule has 0 aliphatic carbocycles. The molecule has 0 aromatic heterocycles. The van der Waals surface area contributed by atoms with Crippen LogP contribution in [-0.2, 0) is 0 Å². The summed E-state index contributed by atoms with van der Waals surface area (Å²) < 4.78 is 0. The molecule has 0 aliphatic rings. The van der Waals surface area contributed by atoms with Gasteiger partial charge in [0.2, 0.25) is 0 Å². The van der Waals surface area contributed by atoms with E-state index in [4.69, 9.17) is 0 Å². The van der Waals surface area contributed by atoms with E-state index < -0.39 is 9.85 Å². The van der Waals surface area contributed by atoms with E-state index in [1.807, 2.05) is 0 Å². The van der Waals surface area contributed by atoms with Crippen molar-refractivity contribution in [3.8, 4) is 0 Å². The Morgan fingerprint density at radius 3 is 1.23 bits per heavy atom. The van der Waals surface area contributed by atoms with E-state index in [0.29, 0.717) is 24.0 Å². The number of carbonyl (C=O) groups excluding carboxylic acids is 2. The minimum Gasteiger partial charge on any atom is -0.294 e. The van der Waals surface area contributed by atoms with Crippen LogP contribution in [-0.4, -0.2) is 21.4 Å². The molecule has 2 rings (SSSR count). The molecule has 134 valence electrons. The molecule has 0 atom stereocenters. The Kier molecular flexibility index (Phi) is 6.26. The minimum absolute atomic E-state index is 0.0738. The van der Waals surface area contributed by atoms with Crippen LogP contribution in [0.2, 0.25) is 0 Å². The summed E-state index contributed by atoms with van der Waals surface area (Å²) in [5.41, 5.74) is 0.653. The van der Waals surface area contributed by atoms with Gasteiger partial charge in [-0.25, -0.2) is 0 Å². The van der Waals surface area contributed by atoms with Crippen LogP contribution in [0.3, 0.4) is 0 Å². The molecule has 26 heavy (non-hydrogen) atoms. The van der Waals surface area contributed by atoms with Crippen LogP contribution in [0.1, 0.15) is 46.4 Å². The molecule has 0 fully saturated rings. The lowest BCUT2D eigenvalue weighted by Gasteiger charge is -2.02. The predicted octanol–water partition coefficient (Wildman–Crippen LogP) is 4.13. The Hall–Kier alpha value is -3.42. The molecule has 2 aromatic rings. The first-order chi connectivity index (χ1) is 12.4. The number of non-ortho nitro benzene ring substituents is 2. The van der Waals surface area contributed by atoms with Crippen LogP contribution in [0.4, 0.5) is 11.4 Å². The summed E-state index contributed by atoms with van der Waals surface area (Å²) in [5, 5.41) is 21.2. The number of hydrogen-bond acceptors (Lipinski definition) is 6. The lowest BCUT2D eigenvalue weighted by molar-refractivity contribution is -0.385. The quantitative estimate of drug-likeness (QED) is 0.288. The second-order valence-electron chi connectivity index (χ2n) is 5.66. The van der Waals surface area contributed by atoms with Gasteiger partial charge in [-0.1, -0.05) is 0 Å². The van der Waals surface area contributed by atoms with Gasteiger partial charge in [0.25, 0.3) is 11.4 Å². The largest absolute Gasteiger partial charge is 0.294 e. The fourth-order valence-electron chi connectivity index (χ4n) is 2.40. The van der Waals surface area contributed by atoms with E-state index in [2.05, 4.69) is 0 Å². The molecule has 0 saturated heterocycles. The normalized spacial score (nSPS) is 10.3. The number of nitrogens with zero attached hydrogens (tertiary/aromatic N) is 2. The lowest BCUT2D eigenvalue weighted by atomic mass is 10.0. The number of rotatable bonds is 9. The second kappa shape index (κ2) is 8.61. The summed E-state index contributed by atoms with van der Waals surface area (Å²) >= 11 is 0. The number of benzene rings is 2. The third kappa shape index (κ3) is 5.04. The Morgan fingerprint density at radius 2 is 0.962 bits per heavy atom. The maximum absolute atomic E-state index is 12.0. The maximum Gasteiger partial charge on any atom is 0.269 e. The van der Waals surface area contributed by atoms with Crippen molar-refractivity contribution in [3.63, 3.8) is 0 Å². The molecular formula is C18H16N2O6. The molecule has 0 unspecified atom stereocenters. The fraction of sp³-hybridized carbons (Fsp3) is 0.222. The predicted molar refractivity (Wildman–Crippen MR) is 93.3 cm³/mol. The first kappa shape index (κ1) is 18.9. The average molecular weight is 356 g/mol. The van der Waals surface area contributed by atoms with Crippen LogP contribution >= 0.6 is 0 Å². The molecular weight excluding hydrogens is 340 g/mol. The summed E-state index contributed by atoms with van der Waals surface area (Å²) in [6.45, 7) is 0. The number of nitro groups is 2. The molecule has 0 bridgehead atoms. The summed E-state index contributed by atoms with van der Waals surface area (Å²) in [4.78, 5) is 44.1. The monoisotopic (exact) mass is 356 g/mol. The molecule has 0 radical (unpaired) electrons. The van der Waals surface area contributed by atoms with E-state index in [0.717, 1.165) is 0 Å². The van der Waals surface area contributed by atoms with Crippen molar-refractivity contribution in [3.05, 3.63) is 79.9 Å². The van der Waals surface area contributed by atoms with Crippen molar-refractivity contribution < 1.29 is 19.4 Å². The zero-order valence-corrected chi connectivity index (χ0v) is 13.8. The molecule has 0 amide bonds. The van der Waals surface area contributed by atoms with Crippen LogP contribution in [0, 0.1) is 20.2 Å². The molecule has 8 heteroatoms. The van der Waals surface area contributed by atoms with Gasteiger partial charge in [-0.05, 0) is 37.1 Å². The number of Topliss-reactive ketones (excluding diaryl/α,β-unsaturated/α-hetero) is 2. The highest BCUT2D eigenvalue weighted by atomic mass is 16.6. The van der Waals surface area contributed by atoms with Gasteiger partial charge in [0, 0.05) is 48.2 Å². The molecule has 0 saturated carbocycles. The van der Waals surface area contributed by atoms with Crippen molar-refractivity contribution in [2.75, 3.05) is 0 Å². The zero-order valence-electron chi connectivity index (χ0n) is 13.8. The number of nitro benzene ring substituents is 2. The van der Waals surface area contributed by atoms with Gasteiger partial charge in [0.15, 0.2) is 11.6 Å². The summed E-state index contributed by atoms with van der Waals surface area (Å²) in [6, 6.07) is 10.8. The fourth-order valence-corrected chi connectivity index (χ4v) is 2.40. The van der Waals surface area contributed by atoms with Crippen molar-refractivity contribution in [1.29, 1.82) is 0 Å². The van der Waals surface area contributed by atoms with Gasteiger partial charge < -0.3 is 0 Å². The van der Waals surface area contributed by atoms with Crippen molar-refractivity contribution >= 4 is 22.9 Å². The van der Waals surface area contributed by atoms with Gasteiger partial charge in [-0.15, -0.1) is 0 Å². The van der Waals surface area contributed by atoms with E-state index >= 15 is 0 Å². The second-order valence-corrected chi connectivity index (χ2v) is 5.66. The Labute approximate surface area is 148 Å². The molecule has 0 heterocycles. The standard InChI is InChI=1S/C18H16N2O6/c21-17(13-5-9-15(10-6-13)19(23)24)3-1-2-4-18(22)14-7-11-16(12-8-14)20(25)26/h5-12H,1-4H2. The van der Waals surface area contributed by atoms with E-state index in [-0.39, 0.29) is 35.8 Å². The van der Waals surface area contributed by atoms with Gasteiger partial charge in [0.1, 0.15) is 0 Å². The Morgan fingerprint density at radius 1 is 0.654 bits per heavy atom. The summed E-state index contributed by atoms with van der Waals surface area (Å²) in [6.07, 6.45) is 1.50. The first-order valence-corrected chi connectivity index (χ1v) is 7.94. The molecule has 0 aliphatic heterocycles. The van der Waals surface area contributed by atoms with E-state index in [1.165, 1.54) is 48.5 Å². The molecule has 0 N–H and O–H groups in total. The average Bonchev–Trinajstić information content (AvgIpc) is 2.65. The highest BCUT2D eigenvalue weighted by Gasteiger charge is 2.11. The molecule has 2 aromatic carbocycles. The third-order valence-corrected chi connectivity index (χ3v) is 3.86. The topological polar surface area (TPSA) is 120 Å². The highest BCUT2D eigenvalue weighted by molar-refractivity contribution is 5.97. The van der Waals surface area contributed by atoms with Crippen LogP contribution in [0.15, 0.2) is 48.5 Å². The van der Waals surface area contributed by atoms with Gasteiger partial charge >= 0.3 is 0 Å². The van der Waals surface area contributed by atoms with Crippen LogP contribution < -0.4 is 0 Å².